The van der Waals surface area contributed by atoms with Gasteiger partial charge in [0.15, 0.2) is 0 Å². The van der Waals surface area contributed by atoms with Crippen molar-refractivity contribution in [2.24, 2.45) is 0 Å². The molecule has 3 aromatic carbocycles. The van der Waals surface area contributed by atoms with Gasteiger partial charge >= 0.3 is 5.97 Å². The molecule has 1 aliphatic heterocycles. The minimum Gasteiger partial charge on any atom is -0.421 e. The third kappa shape index (κ3) is 3.85. The first-order valence-corrected chi connectivity index (χ1v) is 12.1. The highest BCUT2D eigenvalue weighted by Crippen LogP contribution is 2.45. The molecule has 170 valence electrons. The summed E-state index contributed by atoms with van der Waals surface area (Å²) in [4.78, 5) is 24.7. The van der Waals surface area contributed by atoms with Gasteiger partial charge in [-0.25, -0.2) is 4.79 Å². The van der Waals surface area contributed by atoms with Crippen molar-refractivity contribution in [3.63, 3.8) is 0 Å². The number of rotatable bonds is 6. The Morgan fingerprint density at radius 3 is 2.44 bits per heavy atom. The summed E-state index contributed by atoms with van der Waals surface area (Å²) in [5, 5.41) is 22.8. The van der Waals surface area contributed by atoms with Crippen LogP contribution in [0, 0.1) is 10.1 Å². The third-order valence-electron chi connectivity index (χ3n) is 5.71. The highest BCUT2D eigenvalue weighted by atomic mass is 32.2. The van der Waals surface area contributed by atoms with Crippen LogP contribution in [-0.2, 0) is 21.7 Å². The molecule has 1 N–H and O–H groups in total. The maximum Gasteiger partial charge on any atom is 0.342 e. The average Bonchev–Trinajstić information content (AvgIpc) is 3.41. The molecule has 10 heteroatoms. The maximum absolute atomic E-state index is 13.1. The van der Waals surface area contributed by atoms with Crippen LogP contribution in [0.15, 0.2) is 77.2 Å². The van der Waals surface area contributed by atoms with E-state index in [1.54, 1.807) is 54.2 Å². The van der Waals surface area contributed by atoms with Gasteiger partial charge in [0.25, 0.3) is 11.5 Å². The second-order valence-electron chi connectivity index (χ2n) is 7.68. The van der Waals surface area contributed by atoms with Gasteiger partial charge in [0.1, 0.15) is 11.0 Å². The number of hydrogen-bond donors (Lipinski definition) is 1. The van der Waals surface area contributed by atoms with Crippen LogP contribution < -0.4 is 0 Å². The van der Waals surface area contributed by atoms with Gasteiger partial charge in [0.05, 0.1) is 22.2 Å². The van der Waals surface area contributed by atoms with Crippen molar-refractivity contribution in [1.82, 2.24) is 8.75 Å². The third-order valence-corrected chi connectivity index (χ3v) is 7.01. The summed E-state index contributed by atoms with van der Waals surface area (Å²) in [5.41, 5.74) is 3.56. The topological polar surface area (TPSA) is 115 Å². The van der Waals surface area contributed by atoms with Gasteiger partial charge in [-0.05, 0) is 41.6 Å². The molecule has 0 amide bonds. The molecule has 1 unspecified atom stereocenters. The van der Waals surface area contributed by atoms with Crippen LogP contribution in [0.25, 0.3) is 16.6 Å². The van der Waals surface area contributed by atoms with Crippen molar-refractivity contribution >= 4 is 51.8 Å². The van der Waals surface area contributed by atoms with Crippen molar-refractivity contribution < 1.29 is 19.6 Å². The predicted octanol–water partition coefficient (Wildman–Crippen LogP) is 4.72. The van der Waals surface area contributed by atoms with E-state index in [0.717, 1.165) is 16.6 Å². The number of thioether (sulfide) groups is 1. The molecule has 0 fully saturated rings. The summed E-state index contributed by atoms with van der Waals surface area (Å²) in [6, 6.07) is 18.4. The molecule has 0 saturated carbocycles. The quantitative estimate of drug-likeness (QED) is 0.178. The number of carbonyl (C=O) groups excluding carboxylic acids is 1. The van der Waals surface area contributed by atoms with Crippen LogP contribution in [-0.4, -0.2) is 31.0 Å². The van der Waals surface area contributed by atoms with E-state index in [1.165, 1.54) is 12.1 Å². The lowest BCUT2D eigenvalue weighted by Gasteiger charge is -2.26. The fourth-order valence-corrected chi connectivity index (χ4v) is 4.89. The molecule has 4 aromatic rings. The molecular formula is C24H17N3O5S2. The number of esters is 1. The largest absolute Gasteiger partial charge is 0.421 e. The Balaban J connectivity index is 1.66. The Hall–Kier alpha value is -3.60. The van der Waals surface area contributed by atoms with E-state index in [2.05, 4.69) is 8.75 Å². The number of hydrogen-bond acceptors (Lipinski definition) is 9. The number of aliphatic hydroxyl groups is 1. The number of ether oxygens (including phenoxy) is 1. The predicted molar refractivity (Wildman–Crippen MR) is 129 cm³/mol. The van der Waals surface area contributed by atoms with Crippen LogP contribution >= 0.6 is 23.5 Å². The molecule has 0 saturated heterocycles. The molecule has 1 atom stereocenters. The second-order valence-corrected chi connectivity index (χ2v) is 9.09. The van der Waals surface area contributed by atoms with E-state index >= 15 is 0 Å². The summed E-state index contributed by atoms with van der Waals surface area (Å²) in [6.45, 7) is 0. The first-order valence-electron chi connectivity index (χ1n) is 10.2. The fourth-order valence-electron chi connectivity index (χ4n) is 3.97. The summed E-state index contributed by atoms with van der Waals surface area (Å²) >= 11 is 2.63. The molecule has 8 nitrogen and oxygen atoms in total. The number of non-ortho nitro benzene ring substituents is 1. The molecule has 1 aliphatic rings. The average molecular weight is 492 g/mol. The highest BCUT2D eigenvalue weighted by Gasteiger charge is 2.48. The molecule has 1 aromatic heterocycles. The molecule has 0 spiro atoms. The maximum atomic E-state index is 13.1. The van der Waals surface area contributed by atoms with Crippen molar-refractivity contribution in [1.29, 1.82) is 0 Å². The molecular weight excluding hydrogens is 474 g/mol. The van der Waals surface area contributed by atoms with Crippen molar-refractivity contribution in [2.75, 3.05) is 6.26 Å². The number of aromatic nitrogens is 2. The zero-order chi connectivity index (χ0) is 23.9. The Labute approximate surface area is 202 Å². The Kier molecular flexibility index (Phi) is 5.64. The van der Waals surface area contributed by atoms with Crippen molar-refractivity contribution in [2.45, 2.75) is 17.1 Å². The van der Waals surface area contributed by atoms with Crippen molar-refractivity contribution in [3.8, 4) is 0 Å². The van der Waals surface area contributed by atoms with Crippen molar-refractivity contribution in [3.05, 3.63) is 99.1 Å². The lowest BCUT2D eigenvalue weighted by Crippen LogP contribution is -2.29. The fraction of sp³-hybridized carbons (Fsp3) is 0.125. The lowest BCUT2D eigenvalue weighted by molar-refractivity contribution is -0.384. The SMILES string of the molecule is CSc1ccc(C2(O)OC(=O)C(c3ccc4nsnc4c3)=C2Cc2ccc([N+](=O)[O-])cc2)cc1. The zero-order valence-electron chi connectivity index (χ0n) is 17.8. The Morgan fingerprint density at radius 1 is 1.06 bits per heavy atom. The van der Waals surface area contributed by atoms with E-state index in [1.807, 2.05) is 18.4 Å². The van der Waals surface area contributed by atoms with Crippen LogP contribution in [0.5, 0.6) is 0 Å². The van der Waals surface area contributed by atoms with Crippen LogP contribution in [0.1, 0.15) is 16.7 Å². The van der Waals surface area contributed by atoms with E-state index in [4.69, 9.17) is 4.74 Å². The highest BCUT2D eigenvalue weighted by molar-refractivity contribution is 7.98. The van der Waals surface area contributed by atoms with Gasteiger partial charge in [-0.15, -0.1) is 11.8 Å². The Bertz CT molecular complexity index is 1450. The Morgan fingerprint density at radius 2 is 1.76 bits per heavy atom. The van der Waals surface area contributed by atoms with Gasteiger partial charge in [-0.1, -0.05) is 30.3 Å². The summed E-state index contributed by atoms with van der Waals surface area (Å²) < 4.78 is 14.1. The van der Waals surface area contributed by atoms with Gasteiger partial charge in [-0.2, -0.15) is 8.75 Å². The van der Waals surface area contributed by atoms with E-state index in [-0.39, 0.29) is 17.7 Å². The van der Waals surface area contributed by atoms with Gasteiger partial charge in [-0.3, -0.25) is 10.1 Å². The number of cyclic esters (lactones) is 1. The smallest absolute Gasteiger partial charge is 0.342 e. The summed E-state index contributed by atoms with van der Waals surface area (Å²) in [7, 11) is 0. The van der Waals surface area contributed by atoms with Gasteiger partial charge < -0.3 is 9.84 Å². The minimum absolute atomic E-state index is 0.0406. The molecule has 0 radical (unpaired) electrons. The van der Waals surface area contributed by atoms with Crippen LogP contribution in [0.2, 0.25) is 0 Å². The number of nitro groups is 1. The first-order chi connectivity index (χ1) is 16.4. The van der Waals surface area contributed by atoms with Crippen LogP contribution in [0.3, 0.4) is 0 Å². The normalized spacial score (nSPS) is 17.9. The molecule has 0 aliphatic carbocycles. The molecule has 0 bridgehead atoms. The number of nitrogens with zero attached hydrogens (tertiary/aromatic N) is 3. The van der Waals surface area contributed by atoms with Crippen LogP contribution in [0.4, 0.5) is 5.69 Å². The van der Waals surface area contributed by atoms with E-state index in [0.29, 0.717) is 33.3 Å². The summed E-state index contributed by atoms with van der Waals surface area (Å²) in [6.07, 6.45) is 2.09. The molecule has 2 heterocycles. The molecule has 5 rings (SSSR count). The van der Waals surface area contributed by atoms with E-state index in [9.17, 15) is 20.0 Å². The minimum atomic E-state index is -1.99. The standard InChI is InChI=1S/C24H17N3O5S2/c1-33-18-9-5-16(6-10-18)24(29)19(12-14-2-7-17(8-3-14)27(30)31)22(23(28)32-24)15-4-11-20-21(13-15)26-34-25-20/h2-11,13,29H,12H2,1H3. The summed E-state index contributed by atoms with van der Waals surface area (Å²) in [5.74, 6) is -2.64. The molecule has 34 heavy (non-hydrogen) atoms. The lowest BCUT2D eigenvalue weighted by atomic mass is 9.88. The number of benzene rings is 3. The monoisotopic (exact) mass is 491 g/mol. The number of nitro benzene ring substituents is 1. The second kappa shape index (κ2) is 8.64. The van der Waals surface area contributed by atoms with Gasteiger partial charge in [0, 0.05) is 34.6 Å². The van der Waals surface area contributed by atoms with Gasteiger partial charge in [0.2, 0.25) is 0 Å². The van der Waals surface area contributed by atoms with E-state index < -0.39 is 16.7 Å². The number of carbonyl (C=O) groups is 1. The first kappa shape index (κ1) is 22.2. The number of fused-ring (bicyclic) bond motifs is 1. The zero-order valence-corrected chi connectivity index (χ0v) is 19.4.